The molecule has 2 rings (SSSR count). The Kier molecular flexibility index (Phi) is 8.97. The molecule has 2 amide bonds. The standard InChI is InChI=1S/C23H25N3O5/c1-3-4-14-24-23(28)21(16-18-6-5-7-19(15-18)26(29)30)25-22(27)13-10-17-8-11-20(31-2)12-9-17/h5-13,15-16H,3-4,14H2,1-2H3,(H,24,28)(H,25,27). The second-order valence-electron chi connectivity index (χ2n) is 6.62. The van der Waals surface area contributed by atoms with Crippen molar-refractivity contribution in [2.45, 2.75) is 19.8 Å². The number of carbonyl (C=O) groups is 2. The first-order valence-corrected chi connectivity index (χ1v) is 9.80. The Labute approximate surface area is 180 Å². The fraction of sp³-hybridized carbons (Fsp3) is 0.217. The molecule has 31 heavy (non-hydrogen) atoms. The minimum Gasteiger partial charge on any atom is -0.497 e. The van der Waals surface area contributed by atoms with Crippen molar-refractivity contribution in [1.82, 2.24) is 10.6 Å². The van der Waals surface area contributed by atoms with E-state index in [0.29, 0.717) is 17.9 Å². The van der Waals surface area contributed by atoms with E-state index < -0.39 is 16.7 Å². The largest absolute Gasteiger partial charge is 0.497 e. The van der Waals surface area contributed by atoms with Crippen LogP contribution >= 0.6 is 0 Å². The smallest absolute Gasteiger partial charge is 0.270 e. The average molecular weight is 423 g/mol. The zero-order valence-electron chi connectivity index (χ0n) is 17.5. The summed E-state index contributed by atoms with van der Waals surface area (Å²) in [4.78, 5) is 35.4. The number of rotatable bonds is 10. The summed E-state index contributed by atoms with van der Waals surface area (Å²) in [5.41, 5.74) is 1.10. The number of methoxy groups -OCH3 is 1. The van der Waals surface area contributed by atoms with Crippen molar-refractivity contribution in [2.24, 2.45) is 0 Å². The summed E-state index contributed by atoms with van der Waals surface area (Å²) in [6, 6.07) is 12.9. The van der Waals surface area contributed by atoms with Gasteiger partial charge in [-0.15, -0.1) is 0 Å². The van der Waals surface area contributed by atoms with E-state index in [0.717, 1.165) is 18.4 Å². The number of hydrogen-bond acceptors (Lipinski definition) is 5. The molecule has 0 radical (unpaired) electrons. The maximum Gasteiger partial charge on any atom is 0.270 e. The first-order valence-electron chi connectivity index (χ1n) is 9.80. The number of non-ortho nitro benzene ring substituents is 1. The first kappa shape index (κ1) is 23.3. The summed E-state index contributed by atoms with van der Waals surface area (Å²) in [6.45, 7) is 2.46. The maximum absolute atomic E-state index is 12.6. The number of ether oxygens (including phenoxy) is 1. The Hall–Kier alpha value is -3.94. The van der Waals surface area contributed by atoms with Gasteiger partial charge in [0, 0.05) is 24.8 Å². The molecule has 0 heterocycles. The molecule has 0 bridgehead atoms. The second kappa shape index (κ2) is 11.9. The highest BCUT2D eigenvalue weighted by Crippen LogP contribution is 2.16. The number of nitrogens with one attached hydrogen (secondary N) is 2. The third-order valence-corrected chi connectivity index (χ3v) is 4.25. The van der Waals surface area contributed by atoms with Crippen LogP contribution in [-0.4, -0.2) is 30.4 Å². The third kappa shape index (κ3) is 7.77. The Morgan fingerprint density at radius 3 is 2.52 bits per heavy atom. The second-order valence-corrected chi connectivity index (χ2v) is 6.62. The molecule has 0 saturated heterocycles. The molecule has 0 aliphatic carbocycles. The molecule has 0 atom stereocenters. The molecule has 162 valence electrons. The van der Waals surface area contributed by atoms with Gasteiger partial charge in [-0.1, -0.05) is 37.6 Å². The van der Waals surface area contributed by atoms with Crippen molar-refractivity contribution < 1.29 is 19.2 Å². The van der Waals surface area contributed by atoms with Crippen LogP contribution in [0.25, 0.3) is 12.2 Å². The molecule has 0 unspecified atom stereocenters. The molecule has 8 heteroatoms. The topological polar surface area (TPSA) is 111 Å². The fourth-order valence-electron chi connectivity index (χ4n) is 2.59. The van der Waals surface area contributed by atoms with Crippen LogP contribution in [0, 0.1) is 10.1 Å². The lowest BCUT2D eigenvalue weighted by atomic mass is 10.1. The number of nitro groups is 1. The minimum absolute atomic E-state index is 0.000909. The van der Waals surface area contributed by atoms with Gasteiger partial charge in [-0.05, 0) is 41.8 Å². The van der Waals surface area contributed by atoms with Crippen molar-refractivity contribution in [3.05, 3.63) is 81.5 Å². The van der Waals surface area contributed by atoms with E-state index in [4.69, 9.17) is 4.74 Å². The van der Waals surface area contributed by atoms with E-state index in [1.807, 2.05) is 6.92 Å². The van der Waals surface area contributed by atoms with Gasteiger partial charge in [0.1, 0.15) is 11.4 Å². The van der Waals surface area contributed by atoms with Crippen molar-refractivity contribution in [1.29, 1.82) is 0 Å². The van der Waals surface area contributed by atoms with E-state index in [9.17, 15) is 19.7 Å². The predicted octanol–water partition coefficient (Wildman–Crippen LogP) is 3.69. The minimum atomic E-state index is -0.519. The van der Waals surface area contributed by atoms with Crippen LogP contribution < -0.4 is 15.4 Å². The summed E-state index contributed by atoms with van der Waals surface area (Å²) in [7, 11) is 1.57. The zero-order valence-corrected chi connectivity index (χ0v) is 17.5. The van der Waals surface area contributed by atoms with Crippen LogP contribution in [0.2, 0.25) is 0 Å². The van der Waals surface area contributed by atoms with Crippen LogP contribution in [0.3, 0.4) is 0 Å². The zero-order chi connectivity index (χ0) is 22.6. The number of nitrogens with zero attached hydrogens (tertiary/aromatic N) is 1. The molecule has 2 aromatic rings. The van der Waals surface area contributed by atoms with Crippen LogP contribution in [0.15, 0.2) is 60.3 Å². The van der Waals surface area contributed by atoms with Gasteiger partial charge in [-0.3, -0.25) is 19.7 Å². The maximum atomic E-state index is 12.6. The highest BCUT2D eigenvalue weighted by atomic mass is 16.6. The Morgan fingerprint density at radius 2 is 1.87 bits per heavy atom. The average Bonchev–Trinajstić information content (AvgIpc) is 2.78. The lowest BCUT2D eigenvalue weighted by Crippen LogP contribution is -2.34. The SMILES string of the molecule is CCCCNC(=O)C(=Cc1cccc([N+](=O)[O-])c1)NC(=O)C=Cc1ccc(OC)cc1. The molecular formula is C23H25N3O5. The number of nitro benzene ring substituents is 1. The molecule has 0 saturated carbocycles. The van der Waals surface area contributed by atoms with E-state index >= 15 is 0 Å². The fourth-order valence-corrected chi connectivity index (χ4v) is 2.59. The van der Waals surface area contributed by atoms with E-state index in [1.165, 1.54) is 30.4 Å². The Morgan fingerprint density at radius 1 is 1.13 bits per heavy atom. The Balaban J connectivity index is 2.19. The molecule has 0 fully saturated rings. The summed E-state index contributed by atoms with van der Waals surface area (Å²) < 4.78 is 5.10. The van der Waals surface area contributed by atoms with Crippen LogP contribution in [0.1, 0.15) is 30.9 Å². The van der Waals surface area contributed by atoms with E-state index in [-0.39, 0.29) is 11.4 Å². The molecule has 8 nitrogen and oxygen atoms in total. The quantitative estimate of drug-likeness (QED) is 0.262. The van der Waals surface area contributed by atoms with Crippen LogP contribution in [0.4, 0.5) is 5.69 Å². The highest BCUT2D eigenvalue weighted by Gasteiger charge is 2.13. The first-order chi connectivity index (χ1) is 14.9. The van der Waals surface area contributed by atoms with E-state index in [2.05, 4.69) is 10.6 Å². The van der Waals surface area contributed by atoms with Gasteiger partial charge in [0.15, 0.2) is 0 Å². The molecule has 2 aromatic carbocycles. The van der Waals surface area contributed by atoms with Gasteiger partial charge in [0.05, 0.1) is 12.0 Å². The van der Waals surface area contributed by atoms with Crippen LogP contribution in [-0.2, 0) is 9.59 Å². The number of hydrogen-bond donors (Lipinski definition) is 2. The summed E-state index contributed by atoms with van der Waals surface area (Å²) >= 11 is 0. The molecular weight excluding hydrogens is 398 g/mol. The number of unbranched alkanes of at least 4 members (excludes halogenated alkanes) is 1. The summed E-state index contributed by atoms with van der Waals surface area (Å²) in [5, 5.41) is 16.3. The molecule has 0 aliphatic heterocycles. The van der Waals surface area contributed by atoms with Gasteiger partial charge >= 0.3 is 0 Å². The van der Waals surface area contributed by atoms with Crippen LogP contribution in [0.5, 0.6) is 5.75 Å². The highest BCUT2D eigenvalue weighted by molar-refractivity contribution is 6.04. The summed E-state index contributed by atoms with van der Waals surface area (Å²) in [6.07, 6.45) is 6.02. The normalized spacial score (nSPS) is 11.2. The molecule has 0 spiro atoms. The lowest BCUT2D eigenvalue weighted by Gasteiger charge is -2.10. The molecule has 0 aliphatic rings. The molecule has 2 N–H and O–H groups in total. The van der Waals surface area contributed by atoms with Gasteiger partial charge in [0.25, 0.3) is 11.6 Å². The number of benzene rings is 2. The van der Waals surface area contributed by atoms with Gasteiger partial charge in [-0.25, -0.2) is 0 Å². The Bertz CT molecular complexity index is 981. The van der Waals surface area contributed by atoms with Gasteiger partial charge in [0.2, 0.25) is 5.91 Å². The monoisotopic (exact) mass is 423 g/mol. The predicted molar refractivity (Wildman–Crippen MR) is 119 cm³/mol. The molecule has 0 aromatic heterocycles. The number of carbonyl (C=O) groups excluding carboxylic acids is 2. The van der Waals surface area contributed by atoms with Crippen molar-refractivity contribution in [2.75, 3.05) is 13.7 Å². The van der Waals surface area contributed by atoms with E-state index in [1.54, 1.807) is 43.5 Å². The lowest BCUT2D eigenvalue weighted by molar-refractivity contribution is -0.384. The van der Waals surface area contributed by atoms with Gasteiger partial charge in [-0.2, -0.15) is 0 Å². The van der Waals surface area contributed by atoms with Crippen molar-refractivity contribution in [3.63, 3.8) is 0 Å². The third-order valence-electron chi connectivity index (χ3n) is 4.25. The van der Waals surface area contributed by atoms with Crippen molar-refractivity contribution in [3.8, 4) is 5.75 Å². The summed E-state index contributed by atoms with van der Waals surface area (Å²) in [5.74, 6) is -0.267. The van der Waals surface area contributed by atoms with Gasteiger partial charge < -0.3 is 15.4 Å². The van der Waals surface area contributed by atoms with Crippen molar-refractivity contribution >= 4 is 29.7 Å². The number of amides is 2.